The van der Waals surface area contributed by atoms with Gasteiger partial charge in [-0.25, -0.2) is 13.1 Å². The maximum atomic E-state index is 12.5. The van der Waals surface area contributed by atoms with Gasteiger partial charge < -0.3 is 14.7 Å². The SMILES string of the molecule is COCCNS(=O)(=O)c1cccc(C(=O)N(CC(=O)O)C(C)C)c1. The number of carbonyl (C=O) groups excluding carboxylic acids is 1. The number of carboxylic acid groups (broad SMARTS) is 1. The predicted octanol–water partition coefficient (Wildman–Crippen LogP) is 0.547. The van der Waals surface area contributed by atoms with Gasteiger partial charge in [-0.15, -0.1) is 0 Å². The standard InChI is InChI=1S/C15H22N2O6S/c1-11(2)17(10-14(18)19)15(20)12-5-4-6-13(9-12)24(21,22)16-7-8-23-3/h4-6,9,11,16H,7-8,10H2,1-3H3,(H,18,19). The summed E-state index contributed by atoms with van der Waals surface area (Å²) >= 11 is 0. The van der Waals surface area contributed by atoms with Crippen molar-refractivity contribution in [1.82, 2.24) is 9.62 Å². The number of hydrogen-bond donors (Lipinski definition) is 2. The molecule has 134 valence electrons. The molecule has 0 aliphatic carbocycles. The lowest BCUT2D eigenvalue weighted by atomic mass is 10.1. The van der Waals surface area contributed by atoms with E-state index in [1.807, 2.05) is 0 Å². The molecule has 0 fully saturated rings. The van der Waals surface area contributed by atoms with Crippen LogP contribution in [-0.2, 0) is 19.6 Å². The Kier molecular flexibility index (Phi) is 7.33. The number of nitrogens with zero attached hydrogens (tertiary/aromatic N) is 1. The van der Waals surface area contributed by atoms with Crippen molar-refractivity contribution in [2.45, 2.75) is 24.8 Å². The number of sulfonamides is 1. The third kappa shape index (κ3) is 5.59. The molecule has 9 heteroatoms. The van der Waals surface area contributed by atoms with Crippen molar-refractivity contribution in [3.05, 3.63) is 29.8 Å². The van der Waals surface area contributed by atoms with Crippen LogP contribution in [0.3, 0.4) is 0 Å². The number of methoxy groups -OCH3 is 1. The molecule has 24 heavy (non-hydrogen) atoms. The molecular formula is C15H22N2O6S. The van der Waals surface area contributed by atoms with E-state index in [0.29, 0.717) is 0 Å². The van der Waals surface area contributed by atoms with Crippen LogP contribution < -0.4 is 4.72 Å². The van der Waals surface area contributed by atoms with Crippen LogP contribution in [-0.4, -0.2) is 63.1 Å². The highest BCUT2D eigenvalue weighted by Gasteiger charge is 2.23. The van der Waals surface area contributed by atoms with Crippen molar-refractivity contribution in [2.75, 3.05) is 26.8 Å². The van der Waals surface area contributed by atoms with Crippen molar-refractivity contribution in [3.8, 4) is 0 Å². The van der Waals surface area contributed by atoms with E-state index in [4.69, 9.17) is 9.84 Å². The summed E-state index contributed by atoms with van der Waals surface area (Å²) in [6.45, 7) is 3.24. The normalized spacial score (nSPS) is 11.5. The Morgan fingerprint density at radius 1 is 1.33 bits per heavy atom. The molecule has 1 aromatic carbocycles. The van der Waals surface area contributed by atoms with E-state index in [1.165, 1.54) is 31.4 Å². The first kappa shape index (κ1) is 20.1. The highest BCUT2D eigenvalue weighted by atomic mass is 32.2. The average molecular weight is 358 g/mol. The van der Waals surface area contributed by atoms with E-state index in [9.17, 15) is 18.0 Å². The second kappa shape index (κ2) is 8.76. The second-order valence-electron chi connectivity index (χ2n) is 5.34. The molecule has 0 saturated heterocycles. The Morgan fingerprint density at radius 3 is 2.54 bits per heavy atom. The van der Waals surface area contributed by atoms with Crippen LogP contribution in [0, 0.1) is 0 Å². The van der Waals surface area contributed by atoms with E-state index in [2.05, 4.69) is 4.72 Å². The van der Waals surface area contributed by atoms with Crippen LogP contribution in [0.4, 0.5) is 0 Å². The lowest BCUT2D eigenvalue weighted by Gasteiger charge is -2.25. The number of rotatable bonds is 9. The van der Waals surface area contributed by atoms with Gasteiger partial charge in [0.05, 0.1) is 11.5 Å². The van der Waals surface area contributed by atoms with Crippen molar-refractivity contribution >= 4 is 21.9 Å². The van der Waals surface area contributed by atoms with Crippen molar-refractivity contribution in [3.63, 3.8) is 0 Å². The number of ether oxygens (including phenoxy) is 1. The molecule has 0 aromatic heterocycles. The van der Waals surface area contributed by atoms with Gasteiger partial charge in [-0.1, -0.05) is 6.07 Å². The van der Waals surface area contributed by atoms with Crippen molar-refractivity contribution < 1.29 is 27.9 Å². The maximum absolute atomic E-state index is 12.5. The van der Waals surface area contributed by atoms with Crippen LogP contribution in [0.15, 0.2) is 29.2 Å². The van der Waals surface area contributed by atoms with Crippen molar-refractivity contribution in [1.29, 1.82) is 0 Å². The minimum absolute atomic E-state index is 0.0662. The summed E-state index contributed by atoms with van der Waals surface area (Å²) in [6.07, 6.45) is 0. The Bertz CT molecular complexity index is 687. The predicted molar refractivity (Wildman–Crippen MR) is 87.3 cm³/mol. The number of hydrogen-bond acceptors (Lipinski definition) is 5. The Hall–Kier alpha value is -1.97. The molecule has 1 amide bonds. The fourth-order valence-corrected chi connectivity index (χ4v) is 3.02. The molecule has 8 nitrogen and oxygen atoms in total. The smallest absolute Gasteiger partial charge is 0.323 e. The van der Waals surface area contributed by atoms with Crippen LogP contribution in [0.5, 0.6) is 0 Å². The third-order valence-corrected chi connectivity index (χ3v) is 4.64. The minimum Gasteiger partial charge on any atom is -0.480 e. The zero-order valence-electron chi connectivity index (χ0n) is 13.9. The van der Waals surface area contributed by atoms with Gasteiger partial charge >= 0.3 is 5.97 Å². The van der Waals surface area contributed by atoms with Gasteiger partial charge in [0.2, 0.25) is 10.0 Å². The second-order valence-corrected chi connectivity index (χ2v) is 7.11. The molecular weight excluding hydrogens is 336 g/mol. The molecule has 2 N–H and O–H groups in total. The van der Waals surface area contributed by atoms with Crippen LogP contribution in [0.1, 0.15) is 24.2 Å². The highest BCUT2D eigenvalue weighted by Crippen LogP contribution is 2.14. The first-order valence-electron chi connectivity index (χ1n) is 7.30. The number of nitrogens with one attached hydrogen (secondary N) is 1. The summed E-state index contributed by atoms with van der Waals surface area (Å²) in [7, 11) is -2.32. The third-order valence-electron chi connectivity index (χ3n) is 3.18. The van der Waals surface area contributed by atoms with Gasteiger partial charge in [0, 0.05) is 25.3 Å². The Balaban J connectivity index is 3.06. The fraction of sp³-hybridized carbons (Fsp3) is 0.467. The molecule has 0 heterocycles. The van der Waals surface area contributed by atoms with Crippen LogP contribution in [0.2, 0.25) is 0 Å². The number of carbonyl (C=O) groups is 2. The molecule has 0 aliphatic rings. The monoisotopic (exact) mass is 358 g/mol. The zero-order chi connectivity index (χ0) is 18.3. The van der Waals surface area contributed by atoms with Gasteiger partial charge in [-0.3, -0.25) is 9.59 Å². The summed E-state index contributed by atoms with van der Waals surface area (Å²) in [5.74, 6) is -1.68. The van der Waals surface area contributed by atoms with E-state index in [0.717, 1.165) is 4.90 Å². The quantitative estimate of drug-likeness (QED) is 0.623. The number of amides is 1. The molecule has 0 radical (unpaired) electrons. The molecule has 0 atom stereocenters. The van der Waals surface area contributed by atoms with E-state index < -0.39 is 28.4 Å². The maximum Gasteiger partial charge on any atom is 0.323 e. The molecule has 0 saturated carbocycles. The van der Waals surface area contributed by atoms with Gasteiger partial charge in [0.15, 0.2) is 0 Å². The highest BCUT2D eigenvalue weighted by molar-refractivity contribution is 7.89. The number of aliphatic carboxylic acids is 1. The summed E-state index contributed by atoms with van der Waals surface area (Å²) < 4.78 is 31.5. The molecule has 1 aromatic rings. The summed E-state index contributed by atoms with van der Waals surface area (Å²) in [6, 6.07) is 5.15. The van der Waals surface area contributed by atoms with E-state index >= 15 is 0 Å². The average Bonchev–Trinajstić information content (AvgIpc) is 2.52. The first-order valence-corrected chi connectivity index (χ1v) is 8.78. The molecule has 1 rings (SSSR count). The summed E-state index contributed by atoms with van der Waals surface area (Å²) in [5, 5.41) is 8.92. The minimum atomic E-state index is -3.77. The zero-order valence-corrected chi connectivity index (χ0v) is 14.7. The molecule has 0 bridgehead atoms. The summed E-state index contributed by atoms with van der Waals surface area (Å²) in [4.78, 5) is 24.5. The van der Waals surface area contributed by atoms with Crippen molar-refractivity contribution in [2.24, 2.45) is 0 Å². The topological polar surface area (TPSA) is 113 Å². The van der Waals surface area contributed by atoms with Crippen LogP contribution in [0.25, 0.3) is 0 Å². The number of carboxylic acids is 1. The Labute approximate surface area is 141 Å². The molecule has 0 aliphatic heterocycles. The summed E-state index contributed by atoms with van der Waals surface area (Å²) in [5.41, 5.74) is 0.111. The van der Waals surface area contributed by atoms with Gasteiger partial charge in [-0.2, -0.15) is 0 Å². The van der Waals surface area contributed by atoms with Gasteiger partial charge in [0.1, 0.15) is 6.54 Å². The molecule has 0 unspecified atom stereocenters. The number of benzene rings is 1. The largest absolute Gasteiger partial charge is 0.480 e. The van der Waals surface area contributed by atoms with E-state index in [1.54, 1.807) is 13.8 Å². The van der Waals surface area contributed by atoms with E-state index in [-0.39, 0.29) is 29.7 Å². The van der Waals surface area contributed by atoms with Gasteiger partial charge in [-0.05, 0) is 32.0 Å². The lowest BCUT2D eigenvalue weighted by Crippen LogP contribution is -2.40. The Morgan fingerprint density at radius 2 is 2.00 bits per heavy atom. The first-order chi connectivity index (χ1) is 11.2. The van der Waals surface area contributed by atoms with Crippen LogP contribution >= 0.6 is 0 Å². The fourth-order valence-electron chi connectivity index (χ4n) is 1.96. The molecule has 0 spiro atoms. The lowest BCUT2D eigenvalue weighted by molar-refractivity contribution is -0.138. The van der Waals surface area contributed by atoms with Gasteiger partial charge in [0.25, 0.3) is 5.91 Å².